The molecule has 0 heterocycles. The summed E-state index contributed by atoms with van der Waals surface area (Å²) in [6, 6.07) is 4.22. The summed E-state index contributed by atoms with van der Waals surface area (Å²) < 4.78 is 0. The van der Waals surface area contributed by atoms with Crippen LogP contribution in [0.4, 0.5) is 0 Å². The summed E-state index contributed by atoms with van der Waals surface area (Å²) in [5.41, 5.74) is -0.793. The highest BCUT2D eigenvalue weighted by Gasteiger charge is 2.64. The van der Waals surface area contributed by atoms with Crippen molar-refractivity contribution in [2.24, 2.45) is 17.3 Å². The number of hydrogen-bond acceptors (Lipinski definition) is 2. The number of hydrogen-bond donors (Lipinski definition) is 0. The maximum absolute atomic E-state index is 8.91. The normalized spacial score (nSPS) is 32.2. The lowest BCUT2D eigenvalue weighted by atomic mass is 10.1. The van der Waals surface area contributed by atoms with E-state index in [2.05, 4.69) is 12.1 Å². The molecular formula is C11H8N2. The molecule has 2 unspecified atom stereocenters. The molecule has 0 aromatic heterocycles. The van der Waals surface area contributed by atoms with E-state index in [4.69, 9.17) is 10.5 Å². The number of allylic oxidation sites excluding steroid dienone is 6. The Morgan fingerprint density at radius 3 is 1.69 bits per heavy atom. The first-order valence-corrected chi connectivity index (χ1v) is 4.19. The molecule has 0 aliphatic heterocycles. The van der Waals surface area contributed by atoms with Crippen molar-refractivity contribution < 1.29 is 0 Å². The Kier molecular flexibility index (Phi) is 1.57. The molecule has 0 radical (unpaired) electrons. The lowest BCUT2D eigenvalue weighted by Gasteiger charge is -1.88. The quantitative estimate of drug-likeness (QED) is 0.555. The molecule has 0 amide bonds. The first-order valence-electron chi connectivity index (χ1n) is 4.19. The van der Waals surface area contributed by atoms with Gasteiger partial charge in [-0.2, -0.15) is 10.5 Å². The molecule has 13 heavy (non-hydrogen) atoms. The molecule has 0 N–H and O–H groups in total. The van der Waals surface area contributed by atoms with E-state index in [1.165, 1.54) is 0 Å². The molecule has 2 aliphatic carbocycles. The Morgan fingerprint density at radius 1 is 0.846 bits per heavy atom. The van der Waals surface area contributed by atoms with Crippen molar-refractivity contribution in [1.82, 2.24) is 0 Å². The average molecular weight is 168 g/mol. The van der Waals surface area contributed by atoms with Crippen molar-refractivity contribution in [1.29, 1.82) is 10.5 Å². The topological polar surface area (TPSA) is 47.6 Å². The summed E-state index contributed by atoms with van der Waals surface area (Å²) in [4.78, 5) is 0. The molecule has 2 aliphatic rings. The first kappa shape index (κ1) is 7.83. The summed E-state index contributed by atoms with van der Waals surface area (Å²) in [7, 11) is 0. The molecule has 0 saturated heterocycles. The van der Waals surface area contributed by atoms with E-state index >= 15 is 0 Å². The van der Waals surface area contributed by atoms with Crippen molar-refractivity contribution in [3.8, 4) is 12.1 Å². The van der Waals surface area contributed by atoms with E-state index in [1.54, 1.807) is 0 Å². The van der Waals surface area contributed by atoms with Crippen LogP contribution in [0, 0.1) is 39.9 Å². The van der Waals surface area contributed by atoms with Crippen LogP contribution in [0.25, 0.3) is 0 Å². The Bertz CT molecular complexity index is 349. The van der Waals surface area contributed by atoms with E-state index in [1.807, 2.05) is 36.5 Å². The third-order valence-electron chi connectivity index (χ3n) is 2.67. The van der Waals surface area contributed by atoms with Gasteiger partial charge in [-0.05, 0) is 0 Å². The smallest absolute Gasteiger partial charge is 0.157 e. The van der Waals surface area contributed by atoms with Crippen molar-refractivity contribution in [3.63, 3.8) is 0 Å². The number of nitrogens with zero attached hydrogens (tertiary/aromatic N) is 2. The largest absolute Gasteiger partial charge is 0.197 e. The van der Waals surface area contributed by atoms with Crippen molar-refractivity contribution in [2.75, 3.05) is 0 Å². The molecular weight excluding hydrogens is 160 g/mol. The zero-order valence-corrected chi connectivity index (χ0v) is 7.01. The summed E-state index contributed by atoms with van der Waals surface area (Å²) >= 11 is 0. The second kappa shape index (κ2) is 2.61. The molecule has 1 saturated carbocycles. The minimum atomic E-state index is -0.793. The van der Waals surface area contributed by atoms with E-state index < -0.39 is 5.41 Å². The van der Waals surface area contributed by atoms with Crippen molar-refractivity contribution in [3.05, 3.63) is 36.5 Å². The Labute approximate surface area is 77.1 Å². The van der Waals surface area contributed by atoms with Crippen LogP contribution < -0.4 is 0 Å². The van der Waals surface area contributed by atoms with Gasteiger partial charge in [-0.25, -0.2) is 0 Å². The molecule has 0 spiro atoms. The fourth-order valence-electron chi connectivity index (χ4n) is 1.80. The van der Waals surface area contributed by atoms with Gasteiger partial charge in [0.2, 0.25) is 0 Å². The second-order valence-corrected chi connectivity index (χ2v) is 3.30. The van der Waals surface area contributed by atoms with Crippen LogP contribution in [0.15, 0.2) is 36.5 Å². The second-order valence-electron chi connectivity index (χ2n) is 3.30. The minimum absolute atomic E-state index is 0.0868. The van der Waals surface area contributed by atoms with E-state index in [0.717, 1.165) is 0 Å². The third kappa shape index (κ3) is 0.927. The Morgan fingerprint density at radius 2 is 1.31 bits per heavy atom. The van der Waals surface area contributed by atoms with Gasteiger partial charge in [-0.1, -0.05) is 36.5 Å². The third-order valence-corrected chi connectivity index (χ3v) is 2.67. The Hall–Kier alpha value is -1.80. The fraction of sp³-hybridized carbons (Fsp3) is 0.273. The molecule has 0 aromatic rings. The van der Waals surface area contributed by atoms with Gasteiger partial charge in [-0.15, -0.1) is 0 Å². The SMILES string of the molecule is N#CC1(C#N)C2C=CC=CC=CC21. The van der Waals surface area contributed by atoms with Gasteiger partial charge < -0.3 is 0 Å². The monoisotopic (exact) mass is 168 g/mol. The Balaban J connectivity index is 2.36. The van der Waals surface area contributed by atoms with Crippen LogP contribution in [0.1, 0.15) is 0 Å². The predicted octanol–water partition coefficient (Wildman–Crippen LogP) is 1.95. The van der Waals surface area contributed by atoms with Crippen LogP contribution in [-0.4, -0.2) is 0 Å². The molecule has 2 nitrogen and oxygen atoms in total. The van der Waals surface area contributed by atoms with Crippen LogP contribution in [0.5, 0.6) is 0 Å². The van der Waals surface area contributed by atoms with Crippen molar-refractivity contribution >= 4 is 0 Å². The minimum Gasteiger partial charge on any atom is -0.197 e. The van der Waals surface area contributed by atoms with Gasteiger partial charge in [0.1, 0.15) is 0 Å². The molecule has 2 heteroatoms. The lowest BCUT2D eigenvalue weighted by molar-refractivity contribution is 0.803. The van der Waals surface area contributed by atoms with Gasteiger partial charge in [-0.3, -0.25) is 0 Å². The molecule has 0 bridgehead atoms. The highest BCUT2D eigenvalue weighted by atomic mass is 14.6. The maximum atomic E-state index is 8.91. The molecule has 2 atom stereocenters. The van der Waals surface area contributed by atoms with Gasteiger partial charge >= 0.3 is 0 Å². The molecule has 2 rings (SSSR count). The molecule has 0 aromatic carbocycles. The van der Waals surface area contributed by atoms with Crippen LogP contribution >= 0.6 is 0 Å². The summed E-state index contributed by atoms with van der Waals surface area (Å²) in [5, 5.41) is 17.8. The zero-order valence-electron chi connectivity index (χ0n) is 7.01. The average Bonchev–Trinajstić information content (AvgIpc) is 2.71. The van der Waals surface area contributed by atoms with Gasteiger partial charge in [0.05, 0.1) is 12.1 Å². The fourth-order valence-corrected chi connectivity index (χ4v) is 1.80. The van der Waals surface area contributed by atoms with Crippen LogP contribution in [-0.2, 0) is 0 Å². The number of fused-ring (bicyclic) bond motifs is 1. The highest BCUT2D eigenvalue weighted by molar-refractivity contribution is 5.41. The number of nitriles is 2. The molecule has 1 fully saturated rings. The highest BCUT2D eigenvalue weighted by Crippen LogP contribution is 2.59. The first-order chi connectivity index (χ1) is 6.35. The van der Waals surface area contributed by atoms with Crippen LogP contribution in [0.3, 0.4) is 0 Å². The zero-order chi connectivity index (χ0) is 9.31. The summed E-state index contributed by atoms with van der Waals surface area (Å²) in [6.45, 7) is 0. The van der Waals surface area contributed by atoms with Gasteiger partial charge in [0.25, 0.3) is 0 Å². The summed E-state index contributed by atoms with van der Waals surface area (Å²) in [5.74, 6) is 0.174. The summed E-state index contributed by atoms with van der Waals surface area (Å²) in [6.07, 6.45) is 11.5. The number of rotatable bonds is 0. The standard InChI is InChI=1S/C11H8N2/c12-7-11(8-13)9-5-3-1-2-4-6-10(9)11/h1-6,9-10H. The van der Waals surface area contributed by atoms with Gasteiger partial charge in [0, 0.05) is 11.8 Å². The lowest BCUT2D eigenvalue weighted by Crippen LogP contribution is -1.95. The van der Waals surface area contributed by atoms with E-state index in [0.29, 0.717) is 0 Å². The van der Waals surface area contributed by atoms with Crippen molar-refractivity contribution in [2.45, 2.75) is 0 Å². The molecule has 62 valence electrons. The van der Waals surface area contributed by atoms with E-state index in [9.17, 15) is 0 Å². The maximum Gasteiger partial charge on any atom is 0.157 e. The van der Waals surface area contributed by atoms with E-state index in [-0.39, 0.29) is 11.8 Å². The predicted molar refractivity (Wildman–Crippen MR) is 48.1 cm³/mol. The van der Waals surface area contributed by atoms with Crippen LogP contribution in [0.2, 0.25) is 0 Å². The van der Waals surface area contributed by atoms with Gasteiger partial charge in [0.15, 0.2) is 5.41 Å².